The fourth-order valence-corrected chi connectivity index (χ4v) is 2.65. The van der Waals surface area contributed by atoms with Crippen molar-refractivity contribution in [3.63, 3.8) is 0 Å². The fourth-order valence-electron chi connectivity index (χ4n) is 2.65. The van der Waals surface area contributed by atoms with Crippen molar-refractivity contribution in [2.75, 3.05) is 11.9 Å². The van der Waals surface area contributed by atoms with E-state index in [9.17, 15) is 14.9 Å². The Labute approximate surface area is 160 Å². The van der Waals surface area contributed by atoms with Crippen LogP contribution in [0.4, 0.5) is 11.4 Å². The van der Waals surface area contributed by atoms with E-state index in [0.29, 0.717) is 17.2 Å². The summed E-state index contributed by atoms with van der Waals surface area (Å²) in [6.45, 7) is 1.80. The number of amides is 1. The standard InChI is InChI=1S/C20H18N2O6/c1-2-27-19-8-6-14(11-17(19)22(25)26)20(24)21-15-5-3-4-13(10-15)18-9-7-16(12-23)28-18/h3-11,23H,2,12H2,1H3,(H,21,24). The normalized spacial score (nSPS) is 10.5. The second-order valence-electron chi connectivity index (χ2n) is 5.83. The van der Waals surface area contributed by atoms with Gasteiger partial charge in [-0.25, -0.2) is 0 Å². The van der Waals surface area contributed by atoms with E-state index in [1.165, 1.54) is 18.2 Å². The summed E-state index contributed by atoms with van der Waals surface area (Å²) in [6, 6.07) is 14.4. The largest absolute Gasteiger partial charge is 0.487 e. The number of aliphatic hydroxyl groups is 1. The van der Waals surface area contributed by atoms with Gasteiger partial charge in [-0.1, -0.05) is 12.1 Å². The van der Waals surface area contributed by atoms with Gasteiger partial charge in [0.05, 0.1) is 11.5 Å². The molecule has 8 heteroatoms. The topological polar surface area (TPSA) is 115 Å². The van der Waals surface area contributed by atoms with E-state index in [1.807, 2.05) is 0 Å². The number of nitro benzene ring substituents is 1. The second kappa shape index (κ2) is 8.36. The number of carbonyl (C=O) groups excluding carboxylic acids is 1. The van der Waals surface area contributed by atoms with Gasteiger partial charge in [0.1, 0.15) is 18.1 Å². The Morgan fingerprint density at radius 3 is 2.71 bits per heavy atom. The number of nitrogens with zero attached hydrogens (tertiary/aromatic N) is 1. The van der Waals surface area contributed by atoms with Crippen LogP contribution in [0.1, 0.15) is 23.0 Å². The third-order valence-corrected chi connectivity index (χ3v) is 3.94. The number of hydrogen-bond acceptors (Lipinski definition) is 6. The number of hydrogen-bond donors (Lipinski definition) is 2. The number of nitro groups is 1. The number of ether oxygens (including phenoxy) is 1. The first-order chi connectivity index (χ1) is 13.5. The molecule has 1 heterocycles. The van der Waals surface area contributed by atoms with Crippen molar-refractivity contribution in [2.24, 2.45) is 0 Å². The molecule has 0 aliphatic carbocycles. The average molecular weight is 382 g/mol. The molecule has 0 fully saturated rings. The van der Waals surface area contributed by atoms with Gasteiger partial charge in [-0.3, -0.25) is 14.9 Å². The number of benzene rings is 2. The van der Waals surface area contributed by atoms with E-state index in [0.717, 1.165) is 5.56 Å². The third kappa shape index (κ3) is 4.18. The molecule has 0 saturated carbocycles. The van der Waals surface area contributed by atoms with E-state index in [4.69, 9.17) is 14.3 Å². The van der Waals surface area contributed by atoms with Gasteiger partial charge in [-0.05, 0) is 43.3 Å². The molecule has 144 valence electrons. The van der Waals surface area contributed by atoms with E-state index >= 15 is 0 Å². The minimum atomic E-state index is -0.585. The Morgan fingerprint density at radius 2 is 2.04 bits per heavy atom. The number of aliphatic hydroxyl groups excluding tert-OH is 1. The Balaban J connectivity index is 1.82. The number of furan rings is 1. The monoisotopic (exact) mass is 382 g/mol. The molecule has 0 aliphatic heterocycles. The molecule has 8 nitrogen and oxygen atoms in total. The van der Waals surface area contributed by atoms with Crippen LogP contribution in [0.3, 0.4) is 0 Å². The number of carbonyl (C=O) groups is 1. The summed E-state index contributed by atoms with van der Waals surface area (Å²) >= 11 is 0. The summed E-state index contributed by atoms with van der Waals surface area (Å²) in [5.41, 5.74) is 1.09. The maximum atomic E-state index is 12.5. The summed E-state index contributed by atoms with van der Waals surface area (Å²) < 4.78 is 10.7. The molecule has 0 radical (unpaired) electrons. The third-order valence-electron chi connectivity index (χ3n) is 3.94. The van der Waals surface area contributed by atoms with E-state index in [-0.39, 0.29) is 30.2 Å². The van der Waals surface area contributed by atoms with Crippen molar-refractivity contribution >= 4 is 17.3 Å². The maximum Gasteiger partial charge on any atom is 0.311 e. The van der Waals surface area contributed by atoms with Gasteiger partial charge in [-0.2, -0.15) is 0 Å². The smallest absolute Gasteiger partial charge is 0.311 e. The van der Waals surface area contributed by atoms with Crippen LogP contribution in [0, 0.1) is 10.1 Å². The van der Waals surface area contributed by atoms with Crippen LogP contribution in [0.15, 0.2) is 59.0 Å². The van der Waals surface area contributed by atoms with Gasteiger partial charge in [0.25, 0.3) is 5.91 Å². The Bertz CT molecular complexity index is 1010. The van der Waals surface area contributed by atoms with Crippen LogP contribution >= 0.6 is 0 Å². The molecule has 0 atom stereocenters. The van der Waals surface area contributed by atoms with Crippen molar-refractivity contribution < 1.29 is 24.0 Å². The van der Waals surface area contributed by atoms with Gasteiger partial charge in [0.15, 0.2) is 5.75 Å². The zero-order valence-electron chi connectivity index (χ0n) is 15.0. The van der Waals surface area contributed by atoms with E-state index in [2.05, 4.69) is 5.32 Å². The minimum Gasteiger partial charge on any atom is -0.487 e. The molecule has 1 aromatic heterocycles. The molecule has 1 amide bonds. The van der Waals surface area contributed by atoms with Crippen LogP contribution in [-0.4, -0.2) is 22.5 Å². The molecule has 0 spiro atoms. The molecule has 3 aromatic rings. The van der Waals surface area contributed by atoms with Gasteiger partial charge in [0, 0.05) is 22.9 Å². The predicted molar refractivity (Wildman–Crippen MR) is 102 cm³/mol. The lowest BCUT2D eigenvalue weighted by Crippen LogP contribution is -2.12. The van der Waals surface area contributed by atoms with Gasteiger partial charge >= 0.3 is 5.69 Å². The lowest BCUT2D eigenvalue weighted by atomic mass is 10.1. The Kier molecular flexibility index (Phi) is 5.71. The van der Waals surface area contributed by atoms with Gasteiger partial charge in [-0.15, -0.1) is 0 Å². The van der Waals surface area contributed by atoms with Crippen LogP contribution in [0.5, 0.6) is 5.75 Å². The number of anilines is 1. The van der Waals surface area contributed by atoms with Gasteiger partial charge < -0.3 is 19.6 Å². The predicted octanol–water partition coefficient (Wildman–Crippen LogP) is 4.00. The highest BCUT2D eigenvalue weighted by atomic mass is 16.6. The molecule has 2 N–H and O–H groups in total. The van der Waals surface area contributed by atoms with Crippen LogP contribution in [0.2, 0.25) is 0 Å². The molecule has 0 aliphatic rings. The Morgan fingerprint density at radius 1 is 1.21 bits per heavy atom. The van der Waals surface area contributed by atoms with Crippen LogP contribution < -0.4 is 10.1 Å². The zero-order chi connectivity index (χ0) is 20.1. The van der Waals surface area contributed by atoms with E-state index in [1.54, 1.807) is 43.3 Å². The summed E-state index contributed by atoms with van der Waals surface area (Å²) in [5, 5.41) is 23.0. The van der Waals surface area contributed by atoms with Crippen molar-refractivity contribution in [1.82, 2.24) is 0 Å². The molecule has 28 heavy (non-hydrogen) atoms. The number of nitrogens with one attached hydrogen (secondary N) is 1. The fraction of sp³-hybridized carbons (Fsp3) is 0.150. The molecule has 0 unspecified atom stereocenters. The highest BCUT2D eigenvalue weighted by Gasteiger charge is 2.19. The second-order valence-corrected chi connectivity index (χ2v) is 5.83. The van der Waals surface area contributed by atoms with Gasteiger partial charge in [0.2, 0.25) is 0 Å². The first kappa shape index (κ1) is 19.1. The summed E-state index contributed by atoms with van der Waals surface area (Å²) in [7, 11) is 0. The van der Waals surface area contributed by atoms with Crippen molar-refractivity contribution in [1.29, 1.82) is 0 Å². The number of rotatable bonds is 7. The maximum absolute atomic E-state index is 12.5. The van der Waals surface area contributed by atoms with Crippen LogP contribution in [-0.2, 0) is 6.61 Å². The first-order valence-corrected chi connectivity index (χ1v) is 8.54. The SMILES string of the molecule is CCOc1ccc(C(=O)Nc2cccc(-c3ccc(CO)o3)c2)cc1[N+](=O)[O-]. The highest BCUT2D eigenvalue weighted by molar-refractivity contribution is 6.05. The molecular weight excluding hydrogens is 364 g/mol. The zero-order valence-corrected chi connectivity index (χ0v) is 15.0. The average Bonchev–Trinajstić information content (AvgIpc) is 3.18. The lowest BCUT2D eigenvalue weighted by molar-refractivity contribution is -0.385. The summed E-state index contributed by atoms with van der Waals surface area (Å²) in [5.74, 6) is 0.616. The van der Waals surface area contributed by atoms with Crippen molar-refractivity contribution in [3.8, 4) is 17.1 Å². The first-order valence-electron chi connectivity index (χ1n) is 8.54. The van der Waals surface area contributed by atoms with Crippen molar-refractivity contribution in [2.45, 2.75) is 13.5 Å². The quantitative estimate of drug-likeness (QED) is 0.471. The Hall–Kier alpha value is -3.65. The van der Waals surface area contributed by atoms with Crippen LogP contribution in [0.25, 0.3) is 11.3 Å². The molecule has 0 bridgehead atoms. The molecule has 2 aromatic carbocycles. The van der Waals surface area contributed by atoms with Crippen molar-refractivity contribution in [3.05, 3.63) is 76.0 Å². The lowest BCUT2D eigenvalue weighted by Gasteiger charge is -2.08. The molecule has 3 rings (SSSR count). The molecular formula is C20H18N2O6. The minimum absolute atomic E-state index is 0.114. The molecule has 0 saturated heterocycles. The van der Waals surface area contributed by atoms with E-state index < -0.39 is 10.8 Å². The summed E-state index contributed by atoms with van der Waals surface area (Å²) in [6.07, 6.45) is 0. The summed E-state index contributed by atoms with van der Waals surface area (Å²) in [4.78, 5) is 23.2. The highest BCUT2D eigenvalue weighted by Crippen LogP contribution is 2.29.